The van der Waals surface area contributed by atoms with Crippen LogP contribution in [0.5, 0.6) is 0 Å². The first-order valence-electron chi connectivity index (χ1n) is 20.0. The smallest absolute Gasteiger partial charge is 0.0774 e. The van der Waals surface area contributed by atoms with Gasteiger partial charge in [-0.15, -0.1) is 40.8 Å². The van der Waals surface area contributed by atoms with E-state index in [0.29, 0.717) is 11.3 Å². The molecular weight excluding hydrogens is 843 g/mol. The molecule has 3 aromatic heterocycles. The SMILES string of the molecule is Cc1cccc(C)c1-c1ccc2s[c-]c(-c3nc4ccccc4n3-c3ccc(-c4ccccc4)cc3)c2c1.[2H]C([2H])([2H])c1c[c-]c(-c2ccc(C([2H])([2H])[2H])cn2)cc1.[Ir]. The van der Waals surface area contributed by atoms with E-state index in [4.69, 9.17) is 13.2 Å². The van der Waals surface area contributed by atoms with Gasteiger partial charge in [0, 0.05) is 40.2 Å². The first-order chi connectivity index (χ1) is 27.8. The molecule has 0 saturated carbocycles. The molecule has 3 nitrogen and oxygen atoms in total. The second-order valence-electron chi connectivity index (χ2n) is 12.7. The fraction of sp³-hybridized carbons (Fsp3) is 0.0833. The zero-order valence-corrected chi connectivity index (χ0v) is 32.2. The van der Waals surface area contributed by atoms with Gasteiger partial charge in [-0.3, -0.25) is 16.3 Å². The molecule has 0 atom stereocenters. The van der Waals surface area contributed by atoms with Crippen molar-refractivity contribution < 1.29 is 28.3 Å². The number of benzene rings is 6. The number of pyridine rings is 1. The maximum absolute atomic E-state index is 7.28. The molecule has 0 aliphatic heterocycles. The third-order valence-electron chi connectivity index (χ3n) is 9.15. The van der Waals surface area contributed by atoms with Crippen LogP contribution in [0.4, 0.5) is 0 Å². The molecule has 1 radical (unpaired) electrons. The minimum atomic E-state index is -2.18. The number of hydrogen-bond donors (Lipinski definition) is 0. The summed E-state index contributed by atoms with van der Waals surface area (Å²) < 4.78 is 47.1. The Bertz CT molecular complexity index is 2790. The number of hydrogen-bond acceptors (Lipinski definition) is 3. The number of aromatic nitrogens is 3. The van der Waals surface area contributed by atoms with E-state index in [0.717, 1.165) is 28.1 Å². The Morgan fingerprint density at radius 2 is 1.40 bits per heavy atom. The van der Waals surface area contributed by atoms with Crippen LogP contribution in [0.2, 0.25) is 0 Å². The summed E-state index contributed by atoms with van der Waals surface area (Å²) in [6.07, 6.45) is 1.30. The first kappa shape index (κ1) is 29.1. The molecule has 0 fully saturated rings. The van der Waals surface area contributed by atoms with E-state index in [9.17, 15) is 0 Å². The second kappa shape index (κ2) is 15.7. The molecule has 0 bridgehead atoms. The summed E-state index contributed by atoms with van der Waals surface area (Å²) in [4.78, 5) is 9.21. The van der Waals surface area contributed by atoms with Gasteiger partial charge in [-0.05, 0) is 89.6 Å². The van der Waals surface area contributed by atoms with Crippen molar-refractivity contribution in [3.8, 4) is 50.6 Å². The van der Waals surface area contributed by atoms with Crippen LogP contribution in [0.25, 0.3) is 71.7 Å². The Morgan fingerprint density at radius 3 is 2.11 bits per heavy atom. The van der Waals surface area contributed by atoms with E-state index in [-0.39, 0.29) is 31.2 Å². The van der Waals surface area contributed by atoms with Crippen molar-refractivity contribution >= 4 is 32.5 Å². The fourth-order valence-electron chi connectivity index (χ4n) is 6.59. The maximum Gasteiger partial charge on any atom is 0.0774 e. The van der Waals surface area contributed by atoms with Crippen molar-refractivity contribution in [2.24, 2.45) is 0 Å². The summed E-state index contributed by atoms with van der Waals surface area (Å²) in [6, 6.07) is 51.3. The molecule has 0 aliphatic carbocycles. The van der Waals surface area contributed by atoms with Crippen molar-refractivity contribution in [2.45, 2.75) is 27.6 Å². The Labute approximate surface area is 337 Å². The summed E-state index contributed by atoms with van der Waals surface area (Å²) in [5.41, 5.74) is 13.3. The molecule has 0 N–H and O–H groups in total. The van der Waals surface area contributed by atoms with Gasteiger partial charge in [-0.1, -0.05) is 126 Å². The second-order valence-corrected chi connectivity index (χ2v) is 13.5. The average molecular weight is 886 g/mol. The Hall–Kier alpha value is -5.45. The number of para-hydroxylation sites is 2. The van der Waals surface area contributed by atoms with Crippen LogP contribution in [-0.4, -0.2) is 14.5 Å². The van der Waals surface area contributed by atoms with Crippen molar-refractivity contribution in [2.75, 3.05) is 0 Å². The van der Waals surface area contributed by atoms with Gasteiger partial charge in [0.25, 0.3) is 0 Å². The van der Waals surface area contributed by atoms with Crippen molar-refractivity contribution in [3.05, 3.63) is 185 Å². The van der Waals surface area contributed by atoms with E-state index in [1.807, 2.05) is 0 Å². The predicted molar refractivity (Wildman–Crippen MR) is 219 cm³/mol. The third kappa shape index (κ3) is 7.42. The van der Waals surface area contributed by atoms with Crippen molar-refractivity contribution in [1.82, 2.24) is 14.5 Å². The summed E-state index contributed by atoms with van der Waals surface area (Å²) in [6.45, 7) is 0.0331. The minimum absolute atomic E-state index is 0. The van der Waals surface area contributed by atoms with Gasteiger partial charge in [-0.2, -0.15) is 0 Å². The van der Waals surface area contributed by atoms with Gasteiger partial charge in [0.05, 0.1) is 16.9 Å². The van der Waals surface area contributed by atoms with Crippen LogP contribution >= 0.6 is 11.3 Å². The van der Waals surface area contributed by atoms with E-state index in [1.165, 1.54) is 67.9 Å². The van der Waals surface area contributed by atoms with E-state index < -0.39 is 13.7 Å². The normalized spacial score (nSPS) is 13.0. The quantitative estimate of drug-likeness (QED) is 0.161. The molecule has 261 valence electrons. The molecule has 0 aliphatic rings. The molecule has 6 aromatic carbocycles. The van der Waals surface area contributed by atoms with Crippen molar-refractivity contribution in [1.29, 1.82) is 0 Å². The van der Waals surface area contributed by atoms with Crippen LogP contribution in [0.15, 0.2) is 152 Å². The summed E-state index contributed by atoms with van der Waals surface area (Å²) in [5.74, 6) is 0.920. The standard InChI is InChI=1S/C35H25N2S.C13H12N.Ir/c1-23-9-8-10-24(2)34(23)27-17-20-33-29(21-27)30(22-38-33)35-36-31-13-6-7-14-32(31)37(35)28-18-15-26(16-19-28)25-11-4-3-5-12-25;1-10-3-6-12(7-4-10)13-8-5-11(2)9-14-13;/h3-21H,1-2H3;3-6,8-9H,1-2H3;/q2*-1;/i;1D3,2D3;. The van der Waals surface area contributed by atoms with E-state index in [1.54, 1.807) is 23.5 Å². The molecule has 53 heavy (non-hydrogen) atoms. The van der Waals surface area contributed by atoms with Crippen molar-refractivity contribution in [3.63, 3.8) is 0 Å². The predicted octanol–water partition coefficient (Wildman–Crippen LogP) is 12.8. The van der Waals surface area contributed by atoms with Crippen LogP contribution in [0.1, 0.15) is 30.5 Å². The monoisotopic (exact) mass is 886 g/mol. The number of imidazole rings is 1. The van der Waals surface area contributed by atoms with Gasteiger partial charge < -0.3 is 9.55 Å². The summed E-state index contributed by atoms with van der Waals surface area (Å²) >= 11 is 1.66. The molecule has 0 unspecified atom stereocenters. The number of fused-ring (bicyclic) bond motifs is 2. The maximum atomic E-state index is 7.28. The third-order valence-corrected chi connectivity index (χ3v) is 10.0. The number of nitrogens with zero attached hydrogens (tertiary/aromatic N) is 3. The molecule has 3 heterocycles. The van der Waals surface area contributed by atoms with Gasteiger partial charge in [0.15, 0.2) is 0 Å². The van der Waals surface area contributed by atoms with Crippen LogP contribution in [0, 0.1) is 39.0 Å². The van der Waals surface area contributed by atoms with E-state index in [2.05, 4.69) is 150 Å². The molecule has 0 saturated heterocycles. The largest absolute Gasteiger partial charge is 0.333 e. The summed E-state index contributed by atoms with van der Waals surface area (Å²) in [7, 11) is 0. The topological polar surface area (TPSA) is 30.7 Å². The molecule has 9 rings (SSSR count). The minimum Gasteiger partial charge on any atom is -0.333 e. The number of thiophene rings is 1. The zero-order valence-electron chi connectivity index (χ0n) is 35.0. The van der Waals surface area contributed by atoms with Gasteiger partial charge >= 0.3 is 0 Å². The van der Waals surface area contributed by atoms with Gasteiger partial charge in [0.1, 0.15) is 0 Å². The van der Waals surface area contributed by atoms with Gasteiger partial charge in [-0.25, -0.2) is 0 Å². The Kier molecular flexibility index (Phi) is 8.58. The Balaban J connectivity index is 0.000000214. The number of aryl methyl sites for hydroxylation is 4. The molecule has 0 spiro atoms. The van der Waals surface area contributed by atoms with Crippen LogP contribution in [0.3, 0.4) is 0 Å². The summed E-state index contributed by atoms with van der Waals surface area (Å²) in [5, 5.41) is 4.79. The van der Waals surface area contributed by atoms with E-state index >= 15 is 0 Å². The molecule has 5 heteroatoms. The fourth-order valence-corrected chi connectivity index (χ4v) is 7.41. The average Bonchev–Trinajstić information content (AvgIpc) is 3.82. The van der Waals surface area contributed by atoms with Crippen LogP contribution in [-0.2, 0) is 20.1 Å². The van der Waals surface area contributed by atoms with Crippen LogP contribution < -0.4 is 0 Å². The molecule has 9 aromatic rings. The zero-order chi connectivity index (χ0) is 40.6. The van der Waals surface area contributed by atoms with Gasteiger partial charge in [0.2, 0.25) is 0 Å². The number of rotatable bonds is 5. The Morgan fingerprint density at radius 1 is 0.679 bits per heavy atom. The molecule has 0 amide bonds. The first-order valence-corrected chi connectivity index (χ1v) is 17.8. The molecular formula is C48H37IrN3S-2.